The Labute approximate surface area is 152 Å². The maximum Gasteiger partial charge on any atom is 0.371 e. The van der Waals surface area contributed by atoms with Crippen molar-refractivity contribution in [1.29, 1.82) is 0 Å². The number of amides is 1. The van der Waals surface area contributed by atoms with Crippen molar-refractivity contribution in [3.63, 3.8) is 0 Å². The lowest BCUT2D eigenvalue weighted by Crippen LogP contribution is -2.51. The van der Waals surface area contributed by atoms with Crippen molar-refractivity contribution in [1.82, 2.24) is 9.21 Å². The molecule has 0 bridgehead atoms. The van der Waals surface area contributed by atoms with Gasteiger partial charge in [-0.1, -0.05) is 13.8 Å². The van der Waals surface area contributed by atoms with Gasteiger partial charge in [-0.25, -0.2) is 13.2 Å². The highest BCUT2D eigenvalue weighted by molar-refractivity contribution is 7.89. The van der Waals surface area contributed by atoms with Gasteiger partial charge in [0.25, 0.3) is 10.0 Å². The predicted octanol–water partition coefficient (Wildman–Crippen LogP) is 1.64. The molecular formula is C17H24N2O6S. The van der Waals surface area contributed by atoms with E-state index in [9.17, 15) is 18.0 Å². The van der Waals surface area contributed by atoms with E-state index in [0.717, 1.165) is 22.9 Å². The number of furan rings is 1. The normalized spacial score (nSPS) is 27.6. The average Bonchev–Trinajstić information content (AvgIpc) is 3.23. The molecule has 144 valence electrons. The van der Waals surface area contributed by atoms with Crippen molar-refractivity contribution in [3.8, 4) is 0 Å². The fraction of sp³-hybridized carbons (Fsp3) is 0.647. The SMILES string of the molecule is CC1CC(C)CN(C(=O)C2CCCN2S(=O)(=O)c2ccc(C(=O)O)o2)C1. The fourth-order valence-corrected chi connectivity index (χ4v) is 5.58. The molecule has 2 saturated heterocycles. The summed E-state index contributed by atoms with van der Waals surface area (Å²) in [6.07, 6.45) is 2.10. The highest BCUT2D eigenvalue weighted by Crippen LogP contribution is 2.30. The standard InChI is InChI=1S/C17H24N2O6S/c1-11-8-12(2)10-18(9-11)16(20)13-4-3-7-19(13)26(23,24)15-6-5-14(25-15)17(21)22/h5-6,11-13H,3-4,7-10H2,1-2H3,(H,21,22). The first kappa shape index (κ1) is 18.9. The fourth-order valence-electron chi connectivity index (χ4n) is 4.02. The molecule has 0 aliphatic carbocycles. The molecule has 26 heavy (non-hydrogen) atoms. The number of carboxylic acid groups (broad SMARTS) is 1. The number of piperidine rings is 1. The van der Waals surface area contributed by atoms with Gasteiger partial charge >= 0.3 is 5.97 Å². The Morgan fingerprint density at radius 2 is 1.85 bits per heavy atom. The first-order chi connectivity index (χ1) is 12.2. The zero-order chi connectivity index (χ0) is 19.1. The minimum Gasteiger partial charge on any atom is -0.475 e. The minimum absolute atomic E-state index is 0.172. The number of sulfonamides is 1. The van der Waals surface area contributed by atoms with E-state index >= 15 is 0 Å². The average molecular weight is 384 g/mol. The molecule has 9 heteroatoms. The molecule has 1 aromatic rings. The minimum atomic E-state index is -4.06. The third-order valence-corrected chi connectivity index (χ3v) is 6.81. The molecule has 3 unspecified atom stereocenters. The van der Waals surface area contributed by atoms with Crippen molar-refractivity contribution < 1.29 is 27.5 Å². The summed E-state index contributed by atoms with van der Waals surface area (Å²) < 4.78 is 31.9. The number of aromatic carboxylic acids is 1. The zero-order valence-electron chi connectivity index (χ0n) is 14.9. The number of carbonyl (C=O) groups excluding carboxylic acids is 1. The second-order valence-electron chi connectivity index (χ2n) is 7.39. The first-order valence-corrected chi connectivity index (χ1v) is 10.3. The lowest BCUT2D eigenvalue weighted by atomic mass is 9.91. The van der Waals surface area contributed by atoms with Crippen molar-refractivity contribution >= 4 is 21.9 Å². The molecule has 1 N–H and O–H groups in total. The third-order valence-electron chi connectivity index (χ3n) is 5.02. The zero-order valence-corrected chi connectivity index (χ0v) is 15.7. The number of carbonyl (C=O) groups is 2. The second kappa shape index (κ2) is 7.03. The van der Waals surface area contributed by atoms with Crippen LogP contribution < -0.4 is 0 Å². The van der Waals surface area contributed by atoms with Gasteiger partial charge in [0.2, 0.25) is 16.8 Å². The summed E-state index contributed by atoms with van der Waals surface area (Å²) in [7, 11) is -4.06. The van der Waals surface area contributed by atoms with Gasteiger partial charge < -0.3 is 14.4 Å². The lowest BCUT2D eigenvalue weighted by molar-refractivity contribution is -0.137. The summed E-state index contributed by atoms with van der Waals surface area (Å²) in [5.41, 5.74) is 0. The quantitative estimate of drug-likeness (QED) is 0.845. The van der Waals surface area contributed by atoms with Gasteiger partial charge in [-0.3, -0.25) is 4.79 Å². The summed E-state index contributed by atoms with van der Waals surface area (Å²) in [6, 6.07) is 1.48. The summed E-state index contributed by atoms with van der Waals surface area (Å²) >= 11 is 0. The molecule has 2 aliphatic rings. The molecular weight excluding hydrogens is 360 g/mol. The summed E-state index contributed by atoms with van der Waals surface area (Å²) in [5, 5.41) is 8.49. The van der Waals surface area contributed by atoms with Gasteiger partial charge in [0.15, 0.2) is 0 Å². The monoisotopic (exact) mass is 384 g/mol. The Morgan fingerprint density at radius 3 is 2.42 bits per heavy atom. The van der Waals surface area contributed by atoms with Gasteiger partial charge in [-0.2, -0.15) is 4.31 Å². The van der Waals surface area contributed by atoms with Gasteiger partial charge in [0.1, 0.15) is 6.04 Å². The maximum atomic E-state index is 13.0. The van der Waals surface area contributed by atoms with Gasteiger partial charge in [0.05, 0.1) is 0 Å². The molecule has 0 saturated carbocycles. The summed E-state index contributed by atoms with van der Waals surface area (Å²) in [6.45, 7) is 5.68. The Hall–Kier alpha value is -1.87. The molecule has 2 aliphatic heterocycles. The van der Waals surface area contributed by atoms with Crippen LogP contribution in [0, 0.1) is 11.8 Å². The summed E-state index contributed by atoms with van der Waals surface area (Å²) in [4.78, 5) is 25.7. The lowest BCUT2D eigenvalue weighted by Gasteiger charge is -2.37. The van der Waals surface area contributed by atoms with E-state index in [1.807, 2.05) is 0 Å². The van der Waals surface area contributed by atoms with Crippen LogP contribution in [0.1, 0.15) is 43.7 Å². The van der Waals surface area contributed by atoms with E-state index in [1.54, 1.807) is 4.90 Å². The van der Waals surface area contributed by atoms with Crippen LogP contribution in [-0.4, -0.2) is 60.3 Å². The second-order valence-corrected chi connectivity index (χ2v) is 9.21. The van der Waals surface area contributed by atoms with E-state index < -0.39 is 32.9 Å². The molecule has 3 heterocycles. The molecule has 1 aromatic heterocycles. The smallest absolute Gasteiger partial charge is 0.371 e. The molecule has 0 aromatic carbocycles. The molecule has 0 radical (unpaired) electrons. The largest absolute Gasteiger partial charge is 0.475 e. The Kier molecular flexibility index (Phi) is 5.12. The summed E-state index contributed by atoms with van der Waals surface area (Å²) in [5.74, 6) is -1.18. The first-order valence-electron chi connectivity index (χ1n) is 8.84. The Bertz CT molecular complexity index is 792. The van der Waals surface area contributed by atoms with Crippen LogP contribution >= 0.6 is 0 Å². The van der Waals surface area contributed by atoms with Gasteiger partial charge in [-0.05, 0) is 43.2 Å². The van der Waals surface area contributed by atoms with Gasteiger partial charge in [0, 0.05) is 19.6 Å². The van der Waals surface area contributed by atoms with Crippen LogP contribution in [0.2, 0.25) is 0 Å². The maximum absolute atomic E-state index is 13.0. The van der Waals surface area contributed by atoms with Crippen LogP contribution in [0.25, 0.3) is 0 Å². The van der Waals surface area contributed by atoms with E-state index in [1.165, 1.54) is 0 Å². The van der Waals surface area contributed by atoms with Crippen LogP contribution in [0.15, 0.2) is 21.6 Å². The van der Waals surface area contributed by atoms with Crippen molar-refractivity contribution in [3.05, 3.63) is 17.9 Å². The van der Waals surface area contributed by atoms with Crippen LogP contribution in [0.4, 0.5) is 0 Å². The van der Waals surface area contributed by atoms with E-state index in [4.69, 9.17) is 9.52 Å². The Morgan fingerprint density at radius 1 is 1.19 bits per heavy atom. The number of likely N-dealkylation sites (tertiary alicyclic amines) is 1. The van der Waals surface area contributed by atoms with E-state index in [0.29, 0.717) is 37.8 Å². The highest BCUT2D eigenvalue weighted by Gasteiger charge is 2.43. The van der Waals surface area contributed by atoms with Crippen molar-refractivity contribution in [2.45, 2.75) is 44.2 Å². The van der Waals surface area contributed by atoms with Crippen LogP contribution in [0.3, 0.4) is 0 Å². The molecule has 2 fully saturated rings. The molecule has 3 atom stereocenters. The molecule has 8 nitrogen and oxygen atoms in total. The molecule has 3 rings (SSSR count). The number of hydrogen-bond donors (Lipinski definition) is 1. The van der Waals surface area contributed by atoms with Crippen molar-refractivity contribution in [2.24, 2.45) is 11.8 Å². The topological polar surface area (TPSA) is 108 Å². The molecule has 0 spiro atoms. The van der Waals surface area contributed by atoms with Crippen LogP contribution in [-0.2, 0) is 14.8 Å². The number of hydrogen-bond acceptors (Lipinski definition) is 5. The number of carboxylic acids is 1. The van der Waals surface area contributed by atoms with E-state index in [-0.39, 0.29) is 12.5 Å². The number of nitrogens with zero attached hydrogens (tertiary/aromatic N) is 2. The number of rotatable bonds is 4. The van der Waals surface area contributed by atoms with Gasteiger partial charge in [-0.15, -0.1) is 0 Å². The molecule has 1 amide bonds. The van der Waals surface area contributed by atoms with Crippen LogP contribution in [0.5, 0.6) is 0 Å². The van der Waals surface area contributed by atoms with Crippen molar-refractivity contribution in [2.75, 3.05) is 19.6 Å². The third kappa shape index (κ3) is 3.50. The Balaban J connectivity index is 1.82. The van der Waals surface area contributed by atoms with E-state index in [2.05, 4.69) is 13.8 Å². The predicted molar refractivity (Wildman–Crippen MR) is 92.1 cm³/mol. The highest BCUT2D eigenvalue weighted by atomic mass is 32.2.